The molecule has 1 aromatic carbocycles. The minimum absolute atomic E-state index is 0.178. The highest BCUT2D eigenvalue weighted by Gasteiger charge is 2.27. The first-order chi connectivity index (χ1) is 9.76. The largest absolute Gasteiger partial charge is 0.485 e. The molecule has 0 spiro atoms. The summed E-state index contributed by atoms with van der Waals surface area (Å²) in [5, 5.41) is 10.9. The van der Waals surface area contributed by atoms with Crippen LogP contribution in [0.3, 0.4) is 0 Å². The van der Waals surface area contributed by atoms with Crippen LogP contribution in [0.5, 0.6) is 11.5 Å². The molecule has 0 aliphatic carbocycles. The lowest BCUT2D eigenvalue weighted by Crippen LogP contribution is -2.40. The SMILES string of the molecule is CSc1nnc(NC(=O)C2COc3ccccc3O2)s1. The number of carbonyl (C=O) groups excluding carboxylic acids is 1. The fourth-order valence-corrected chi connectivity index (χ4v) is 2.85. The van der Waals surface area contributed by atoms with Crippen LogP contribution in [-0.4, -0.2) is 35.1 Å². The highest BCUT2D eigenvalue weighted by molar-refractivity contribution is 8.00. The van der Waals surface area contributed by atoms with Gasteiger partial charge in [-0.2, -0.15) is 0 Å². The average Bonchev–Trinajstić information content (AvgIpc) is 2.94. The standard InChI is InChI=1S/C12H11N3O3S2/c1-19-12-15-14-11(20-12)13-10(16)9-6-17-7-4-2-3-5-8(7)18-9/h2-5,9H,6H2,1H3,(H,13,14,16). The van der Waals surface area contributed by atoms with Gasteiger partial charge >= 0.3 is 0 Å². The molecule has 104 valence electrons. The molecule has 0 bridgehead atoms. The van der Waals surface area contributed by atoms with E-state index in [1.165, 1.54) is 23.1 Å². The van der Waals surface area contributed by atoms with Gasteiger partial charge in [0.05, 0.1) is 0 Å². The van der Waals surface area contributed by atoms with Crippen molar-refractivity contribution in [2.75, 3.05) is 18.2 Å². The Morgan fingerprint density at radius 1 is 1.40 bits per heavy atom. The van der Waals surface area contributed by atoms with E-state index in [-0.39, 0.29) is 12.5 Å². The minimum Gasteiger partial charge on any atom is -0.485 e. The van der Waals surface area contributed by atoms with Gasteiger partial charge in [0.15, 0.2) is 15.8 Å². The van der Waals surface area contributed by atoms with E-state index >= 15 is 0 Å². The average molecular weight is 309 g/mol. The molecule has 1 N–H and O–H groups in total. The van der Waals surface area contributed by atoms with Gasteiger partial charge in [-0.05, 0) is 18.4 Å². The third-order valence-electron chi connectivity index (χ3n) is 2.61. The minimum atomic E-state index is -0.688. The molecule has 2 aromatic rings. The van der Waals surface area contributed by atoms with Crippen LogP contribution < -0.4 is 14.8 Å². The number of ether oxygens (including phenoxy) is 2. The second-order valence-corrected chi connectivity index (χ2v) is 5.96. The number of nitrogens with zero attached hydrogens (tertiary/aromatic N) is 2. The van der Waals surface area contributed by atoms with Crippen LogP contribution in [0.15, 0.2) is 28.6 Å². The van der Waals surface area contributed by atoms with E-state index in [9.17, 15) is 4.79 Å². The van der Waals surface area contributed by atoms with Gasteiger partial charge in [-0.25, -0.2) is 0 Å². The Morgan fingerprint density at radius 2 is 2.20 bits per heavy atom. The fraction of sp³-hybridized carbons (Fsp3) is 0.250. The molecule has 0 radical (unpaired) electrons. The van der Waals surface area contributed by atoms with Crippen LogP contribution in [0.2, 0.25) is 0 Å². The van der Waals surface area contributed by atoms with Crippen molar-refractivity contribution in [2.24, 2.45) is 0 Å². The molecule has 2 heterocycles. The number of nitrogens with one attached hydrogen (secondary N) is 1. The van der Waals surface area contributed by atoms with Gasteiger partial charge in [0, 0.05) is 0 Å². The van der Waals surface area contributed by atoms with Gasteiger partial charge < -0.3 is 9.47 Å². The van der Waals surface area contributed by atoms with Crippen molar-refractivity contribution in [1.82, 2.24) is 10.2 Å². The van der Waals surface area contributed by atoms with Gasteiger partial charge in [0.1, 0.15) is 6.61 Å². The number of fused-ring (bicyclic) bond motifs is 1. The van der Waals surface area contributed by atoms with Crippen molar-refractivity contribution in [3.8, 4) is 11.5 Å². The quantitative estimate of drug-likeness (QED) is 0.691. The zero-order valence-corrected chi connectivity index (χ0v) is 12.2. The monoisotopic (exact) mass is 309 g/mol. The summed E-state index contributed by atoms with van der Waals surface area (Å²) in [6, 6.07) is 7.26. The molecule has 0 saturated carbocycles. The number of anilines is 1. The Morgan fingerprint density at radius 3 is 2.95 bits per heavy atom. The molecule has 1 aliphatic heterocycles. The summed E-state index contributed by atoms with van der Waals surface area (Å²) in [6.07, 6.45) is 1.22. The number of para-hydroxylation sites is 2. The van der Waals surface area contributed by atoms with Crippen LogP contribution in [-0.2, 0) is 4.79 Å². The fourth-order valence-electron chi connectivity index (χ4n) is 1.68. The lowest BCUT2D eigenvalue weighted by molar-refractivity contribution is -0.125. The van der Waals surface area contributed by atoms with Gasteiger partial charge in [0.25, 0.3) is 5.91 Å². The molecular formula is C12H11N3O3S2. The molecular weight excluding hydrogens is 298 g/mol. The predicted molar refractivity (Wildman–Crippen MR) is 76.7 cm³/mol. The van der Waals surface area contributed by atoms with Gasteiger partial charge in [-0.1, -0.05) is 35.2 Å². The second-order valence-electron chi connectivity index (χ2n) is 3.93. The Kier molecular flexibility index (Phi) is 3.75. The third-order valence-corrected chi connectivity index (χ3v) is 4.43. The maximum Gasteiger partial charge on any atom is 0.270 e. The van der Waals surface area contributed by atoms with Crippen LogP contribution in [0, 0.1) is 0 Å². The maximum atomic E-state index is 12.1. The Balaban J connectivity index is 1.67. The summed E-state index contributed by atoms with van der Waals surface area (Å²) >= 11 is 2.80. The van der Waals surface area contributed by atoms with Crippen LogP contribution in [0.1, 0.15) is 0 Å². The first kappa shape index (κ1) is 13.2. The van der Waals surface area contributed by atoms with Crippen LogP contribution in [0.25, 0.3) is 0 Å². The van der Waals surface area contributed by atoms with E-state index < -0.39 is 6.10 Å². The summed E-state index contributed by atoms with van der Waals surface area (Å²) < 4.78 is 11.9. The Labute approximate surface area is 123 Å². The smallest absolute Gasteiger partial charge is 0.270 e. The number of amides is 1. The predicted octanol–water partition coefficient (Wildman–Crippen LogP) is 2.04. The number of hydrogen-bond donors (Lipinski definition) is 1. The summed E-state index contributed by atoms with van der Waals surface area (Å²) in [7, 11) is 0. The normalized spacial score (nSPS) is 16.8. The second kappa shape index (κ2) is 5.68. The van der Waals surface area contributed by atoms with E-state index in [2.05, 4.69) is 15.5 Å². The zero-order chi connectivity index (χ0) is 13.9. The first-order valence-corrected chi connectivity index (χ1v) is 7.87. The number of rotatable bonds is 3. The number of benzene rings is 1. The van der Waals surface area contributed by atoms with E-state index in [4.69, 9.17) is 9.47 Å². The summed E-state index contributed by atoms with van der Waals surface area (Å²) in [5.74, 6) is 0.932. The first-order valence-electron chi connectivity index (χ1n) is 5.83. The Hall–Kier alpha value is -1.80. The molecule has 1 atom stereocenters. The molecule has 1 amide bonds. The van der Waals surface area contributed by atoms with Gasteiger partial charge in [-0.15, -0.1) is 10.2 Å². The molecule has 0 fully saturated rings. The number of hydrogen-bond acceptors (Lipinski definition) is 7. The molecule has 8 heteroatoms. The molecule has 20 heavy (non-hydrogen) atoms. The van der Waals surface area contributed by atoms with E-state index in [1.54, 1.807) is 12.1 Å². The van der Waals surface area contributed by atoms with E-state index in [1.807, 2.05) is 18.4 Å². The van der Waals surface area contributed by atoms with Crippen LogP contribution in [0.4, 0.5) is 5.13 Å². The zero-order valence-electron chi connectivity index (χ0n) is 10.5. The summed E-state index contributed by atoms with van der Waals surface area (Å²) in [6.45, 7) is 0.178. The third kappa shape index (κ3) is 2.70. The lowest BCUT2D eigenvalue weighted by Gasteiger charge is -2.25. The van der Waals surface area contributed by atoms with Crippen LogP contribution >= 0.6 is 23.1 Å². The molecule has 0 saturated heterocycles. The van der Waals surface area contributed by atoms with Crippen molar-refractivity contribution in [1.29, 1.82) is 0 Å². The van der Waals surface area contributed by atoms with Crippen molar-refractivity contribution in [2.45, 2.75) is 10.4 Å². The van der Waals surface area contributed by atoms with Gasteiger partial charge in [0.2, 0.25) is 11.2 Å². The van der Waals surface area contributed by atoms with Crippen molar-refractivity contribution < 1.29 is 14.3 Å². The van der Waals surface area contributed by atoms with E-state index in [0.717, 1.165) is 4.34 Å². The molecule has 1 aliphatic rings. The van der Waals surface area contributed by atoms with Gasteiger partial charge in [-0.3, -0.25) is 10.1 Å². The molecule has 1 unspecified atom stereocenters. The van der Waals surface area contributed by atoms with Crippen molar-refractivity contribution >= 4 is 34.1 Å². The number of aromatic nitrogens is 2. The molecule has 1 aromatic heterocycles. The van der Waals surface area contributed by atoms with E-state index in [0.29, 0.717) is 16.6 Å². The summed E-state index contributed by atoms with van der Waals surface area (Å²) in [5.41, 5.74) is 0. The summed E-state index contributed by atoms with van der Waals surface area (Å²) in [4.78, 5) is 12.1. The lowest BCUT2D eigenvalue weighted by atomic mass is 10.2. The van der Waals surface area contributed by atoms with Crippen molar-refractivity contribution in [3.63, 3.8) is 0 Å². The Bertz CT molecular complexity index is 632. The molecule has 6 nitrogen and oxygen atoms in total. The number of thioether (sulfide) groups is 1. The molecule has 3 rings (SSSR count). The topological polar surface area (TPSA) is 73.3 Å². The maximum absolute atomic E-state index is 12.1. The highest BCUT2D eigenvalue weighted by atomic mass is 32.2. The number of carbonyl (C=O) groups is 1. The van der Waals surface area contributed by atoms with Crippen molar-refractivity contribution in [3.05, 3.63) is 24.3 Å². The highest BCUT2D eigenvalue weighted by Crippen LogP contribution is 2.31.